The Kier molecular flexibility index (Phi) is 4.22. The second-order valence-corrected chi connectivity index (χ2v) is 7.00. The standard InChI is InChI=1S/C17H11F4N3O2S/c18-11-6-9(11)15(25)24-16-23-12-2-1-8(5-14(12)27-16)10-7-22-4-3-13(10)26-17(19,20)21/h1-5,7,9,11H,6H2,(H,23,24,25). The molecule has 1 aromatic carbocycles. The molecule has 2 aromatic heterocycles. The van der Waals surface area contributed by atoms with E-state index in [2.05, 4.69) is 20.0 Å². The van der Waals surface area contributed by atoms with Gasteiger partial charge in [-0.1, -0.05) is 17.4 Å². The molecule has 2 unspecified atom stereocenters. The first-order chi connectivity index (χ1) is 12.8. The highest BCUT2D eigenvalue weighted by Gasteiger charge is 2.43. The molecule has 0 bridgehead atoms. The molecule has 140 valence electrons. The molecule has 27 heavy (non-hydrogen) atoms. The fourth-order valence-corrected chi connectivity index (χ4v) is 3.50. The summed E-state index contributed by atoms with van der Waals surface area (Å²) in [5.74, 6) is -1.42. The van der Waals surface area contributed by atoms with Gasteiger partial charge in [0.05, 0.1) is 16.1 Å². The topological polar surface area (TPSA) is 64.1 Å². The molecule has 1 aliphatic rings. The van der Waals surface area contributed by atoms with Crippen LogP contribution < -0.4 is 10.1 Å². The number of rotatable bonds is 4. The van der Waals surface area contributed by atoms with Crippen LogP contribution in [0, 0.1) is 5.92 Å². The zero-order valence-electron chi connectivity index (χ0n) is 13.5. The molecule has 0 spiro atoms. The number of benzene rings is 1. The average Bonchev–Trinajstić information content (AvgIpc) is 3.19. The lowest BCUT2D eigenvalue weighted by Gasteiger charge is -2.12. The van der Waals surface area contributed by atoms with Crippen LogP contribution in [0.2, 0.25) is 0 Å². The number of carbonyl (C=O) groups excluding carboxylic acids is 1. The third-order valence-corrected chi connectivity index (χ3v) is 4.92. The number of thiazole rings is 1. The molecule has 2 heterocycles. The van der Waals surface area contributed by atoms with Crippen LogP contribution in [0.5, 0.6) is 5.75 Å². The molecule has 1 saturated carbocycles. The number of hydrogen-bond donors (Lipinski definition) is 1. The van der Waals surface area contributed by atoms with Crippen LogP contribution in [0.15, 0.2) is 36.7 Å². The zero-order valence-corrected chi connectivity index (χ0v) is 14.3. The van der Waals surface area contributed by atoms with Crippen LogP contribution in [-0.2, 0) is 4.79 Å². The van der Waals surface area contributed by atoms with Crippen molar-refractivity contribution in [1.82, 2.24) is 9.97 Å². The number of carbonyl (C=O) groups is 1. The van der Waals surface area contributed by atoms with E-state index in [1.807, 2.05) is 0 Å². The van der Waals surface area contributed by atoms with Crippen LogP contribution in [0.4, 0.5) is 22.7 Å². The summed E-state index contributed by atoms with van der Waals surface area (Å²) in [6, 6.07) is 5.98. The van der Waals surface area contributed by atoms with Gasteiger partial charge in [0.2, 0.25) is 5.91 Å². The third kappa shape index (κ3) is 3.85. The van der Waals surface area contributed by atoms with Gasteiger partial charge in [-0.15, -0.1) is 13.2 Å². The Bertz CT molecular complexity index is 1020. The number of ether oxygens (including phenoxy) is 1. The lowest BCUT2D eigenvalue weighted by molar-refractivity contribution is -0.274. The van der Waals surface area contributed by atoms with Gasteiger partial charge in [-0.05, 0) is 30.2 Å². The van der Waals surface area contributed by atoms with Gasteiger partial charge in [-0.25, -0.2) is 9.37 Å². The van der Waals surface area contributed by atoms with Gasteiger partial charge < -0.3 is 10.1 Å². The molecular weight excluding hydrogens is 386 g/mol. The van der Waals surface area contributed by atoms with Crippen molar-refractivity contribution in [3.63, 3.8) is 0 Å². The predicted octanol–water partition coefficient (Wildman–Crippen LogP) is 4.55. The maximum absolute atomic E-state index is 13.0. The minimum Gasteiger partial charge on any atom is -0.405 e. The number of halogens is 4. The molecule has 1 fully saturated rings. The first kappa shape index (κ1) is 17.7. The summed E-state index contributed by atoms with van der Waals surface area (Å²) in [5, 5.41) is 2.88. The number of alkyl halides is 4. The number of nitrogens with one attached hydrogen (secondary N) is 1. The van der Waals surface area contributed by atoms with E-state index in [9.17, 15) is 22.4 Å². The van der Waals surface area contributed by atoms with E-state index >= 15 is 0 Å². The zero-order chi connectivity index (χ0) is 19.2. The van der Waals surface area contributed by atoms with Crippen molar-refractivity contribution in [3.05, 3.63) is 36.7 Å². The molecule has 0 aliphatic heterocycles. The predicted molar refractivity (Wildman–Crippen MR) is 91.2 cm³/mol. The molecule has 10 heteroatoms. The smallest absolute Gasteiger partial charge is 0.405 e. The van der Waals surface area contributed by atoms with Gasteiger partial charge >= 0.3 is 6.36 Å². The molecule has 4 rings (SSSR count). The Labute approximate surface area is 154 Å². The van der Waals surface area contributed by atoms with Crippen molar-refractivity contribution < 1.29 is 27.1 Å². The number of pyridine rings is 1. The van der Waals surface area contributed by atoms with Gasteiger partial charge in [-0.3, -0.25) is 9.78 Å². The maximum Gasteiger partial charge on any atom is 0.573 e. The molecule has 0 saturated heterocycles. The Morgan fingerprint density at radius 3 is 2.78 bits per heavy atom. The molecule has 5 nitrogen and oxygen atoms in total. The summed E-state index contributed by atoms with van der Waals surface area (Å²) >= 11 is 1.15. The molecule has 0 radical (unpaired) electrons. The summed E-state index contributed by atoms with van der Waals surface area (Å²) in [6.07, 6.45) is -3.23. The summed E-state index contributed by atoms with van der Waals surface area (Å²) in [4.78, 5) is 19.9. The van der Waals surface area contributed by atoms with Crippen molar-refractivity contribution in [2.24, 2.45) is 5.92 Å². The first-order valence-corrected chi connectivity index (χ1v) is 8.67. The van der Waals surface area contributed by atoms with Crippen molar-refractivity contribution in [3.8, 4) is 16.9 Å². The number of aromatic nitrogens is 2. The van der Waals surface area contributed by atoms with E-state index in [-0.39, 0.29) is 17.7 Å². The second-order valence-electron chi connectivity index (χ2n) is 5.97. The molecule has 1 N–H and O–H groups in total. The number of nitrogens with zero attached hydrogens (tertiary/aromatic N) is 2. The second kappa shape index (κ2) is 6.45. The van der Waals surface area contributed by atoms with E-state index in [0.29, 0.717) is 20.9 Å². The lowest BCUT2D eigenvalue weighted by atomic mass is 10.1. The van der Waals surface area contributed by atoms with E-state index in [1.54, 1.807) is 18.2 Å². The van der Waals surface area contributed by atoms with Crippen molar-refractivity contribution in [1.29, 1.82) is 0 Å². The average molecular weight is 397 g/mol. The fourth-order valence-electron chi connectivity index (χ4n) is 2.59. The van der Waals surface area contributed by atoms with E-state index in [1.165, 1.54) is 12.4 Å². The van der Waals surface area contributed by atoms with Crippen LogP contribution in [-0.4, -0.2) is 28.4 Å². The Morgan fingerprint density at radius 2 is 2.07 bits per heavy atom. The molecule has 2 atom stereocenters. The van der Waals surface area contributed by atoms with Crippen LogP contribution in [0.1, 0.15) is 6.42 Å². The van der Waals surface area contributed by atoms with E-state index in [4.69, 9.17) is 0 Å². The van der Waals surface area contributed by atoms with Gasteiger partial charge in [0, 0.05) is 18.0 Å². The quantitative estimate of drug-likeness (QED) is 0.656. The van der Waals surface area contributed by atoms with Crippen LogP contribution in [0.25, 0.3) is 21.3 Å². The highest BCUT2D eigenvalue weighted by atomic mass is 32.1. The van der Waals surface area contributed by atoms with Crippen LogP contribution in [0.3, 0.4) is 0 Å². The van der Waals surface area contributed by atoms with Gasteiger partial charge in [0.25, 0.3) is 0 Å². The van der Waals surface area contributed by atoms with Crippen molar-refractivity contribution in [2.45, 2.75) is 19.0 Å². The van der Waals surface area contributed by atoms with E-state index < -0.39 is 24.4 Å². The lowest BCUT2D eigenvalue weighted by Crippen LogP contribution is -2.17. The summed E-state index contributed by atoms with van der Waals surface area (Å²) in [7, 11) is 0. The van der Waals surface area contributed by atoms with Gasteiger partial charge in [0.15, 0.2) is 5.13 Å². The number of hydrogen-bond acceptors (Lipinski definition) is 5. The summed E-state index contributed by atoms with van der Waals surface area (Å²) in [5.41, 5.74) is 1.20. The number of fused-ring (bicyclic) bond motifs is 1. The third-order valence-electron chi connectivity index (χ3n) is 3.99. The molecule has 1 amide bonds. The number of anilines is 1. The minimum atomic E-state index is -4.82. The van der Waals surface area contributed by atoms with Crippen molar-refractivity contribution in [2.75, 3.05) is 5.32 Å². The Hall–Kier alpha value is -2.75. The van der Waals surface area contributed by atoms with Gasteiger partial charge in [-0.2, -0.15) is 0 Å². The minimum absolute atomic E-state index is 0.175. The van der Waals surface area contributed by atoms with Crippen LogP contribution >= 0.6 is 11.3 Å². The number of amides is 1. The highest BCUT2D eigenvalue weighted by Crippen LogP contribution is 2.38. The Morgan fingerprint density at radius 1 is 1.30 bits per heavy atom. The summed E-state index contributed by atoms with van der Waals surface area (Å²) in [6.45, 7) is 0. The van der Waals surface area contributed by atoms with Crippen molar-refractivity contribution >= 4 is 32.6 Å². The molecule has 1 aliphatic carbocycles. The highest BCUT2D eigenvalue weighted by molar-refractivity contribution is 7.22. The SMILES string of the molecule is O=C(Nc1nc2ccc(-c3cnccc3OC(F)(F)F)cc2s1)C1CC1F. The first-order valence-electron chi connectivity index (χ1n) is 7.86. The summed E-state index contributed by atoms with van der Waals surface area (Å²) < 4.78 is 55.4. The van der Waals surface area contributed by atoms with E-state index in [0.717, 1.165) is 17.4 Å². The Balaban J connectivity index is 1.63. The normalized spacial score (nSPS) is 19.1. The molecular formula is C17H11F4N3O2S. The molecule has 3 aromatic rings. The largest absolute Gasteiger partial charge is 0.573 e. The maximum atomic E-state index is 13.0. The monoisotopic (exact) mass is 397 g/mol. The van der Waals surface area contributed by atoms with Gasteiger partial charge in [0.1, 0.15) is 11.9 Å². The fraction of sp³-hybridized carbons (Fsp3) is 0.235.